The van der Waals surface area contributed by atoms with E-state index in [1.165, 1.54) is 56.6 Å². The minimum atomic E-state index is -3.94. The summed E-state index contributed by atoms with van der Waals surface area (Å²) in [6.07, 6.45) is 0.964. The van der Waals surface area contributed by atoms with Crippen molar-refractivity contribution in [2.24, 2.45) is 0 Å². The zero-order chi connectivity index (χ0) is 27.6. The van der Waals surface area contributed by atoms with Gasteiger partial charge in [-0.15, -0.1) is 0 Å². The number of benzene rings is 3. The number of rotatable bonds is 7. The van der Waals surface area contributed by atoms with Crippen LogP contribution in [0.15, 0.2) is 65.1 Å². The van der Waals surface area contributed by atoms with Crippen LogP contribution >= 0.6 is 0 Å². The molecule has 0 bridgehead atoms. The van der Waals surface area contributed by atoms with Gasteiger partial charge in [0.2, 0.25) is 10.0 Å². The molecule has 0 radical (unpaired) electrons. The van der Waals surface area contributed by atoms with Crippen molar-refractivity contribution in [1.82, 2.24) is 5.32 Å². The third kappa shape index (κ3) is 4.94. The van der Waals surface area contributed by atoms with Crippen LogP contribution in [0.2, 0.25) is 0 Å². The lowest BCUT2D eigenvalue weighted by atomic mass is 9.97. The number of nitrogens with one attached hydrogen (secondary N) is 1. The first-order chi connectivity index (χ1) is 18.1. The third-order valence-corrected chi connectivity index (χ3v) is 6.97. The van der Waals surface area contributed by atoms with E-state index >= 15 is 0 Å². The Balaban J connectivity index is 2.11. The van der Waals surface area contributed by atoms with E-state index in [0.717, 1.165) is 10.6 Å². The molecule has 0 aliphatic heterocycles. The van der Waals surface area contributed by atoms with E-state index < -0.39 is 34.3 Å². The van der Waals surface area contributed by atoms with Gasteiger partial charge in [0, 0.05) is 29.6 Å². The molecule has 0 spiro atoms. The van der Waals surface area contributed by atoms with Crippen molar-refractivity contribution in [3.63, 3.8) is 0 Å². The third-order valence-electron chi connectivity index (χ3n) is 5.84. The average Bonchev–Trinajstić information content (AvgIpc) is 3.28. The highest BCUT2D eigenvalue weighted by molar-refractivity contribution is 7.92. The van der Waals surface area contributed by atoms with Gasteiger partial charge in [0.25, 0.3) is 5.91 Å². The van der Waals surface area contributed by atoms with Crippen molar-refractivity contribution < 1.29 is 31.6 Å². The van der Waals surface area contributed by atoms with E-state index in [1.54, 1.807) is 18.2 Å². The van der Waals surface area contributed by atoms with Crippen molar-refractivity contribution in [1.29, 1.82) is 5.26 Å². The Bertz CT molecular complexity index is 1710. The van der Waals surface area contributed by atoms with Crippen molar-refractivity contribution in [3.8, 4) is 28.5 Å². The molecule has 0 saturated heterocycles. The van der Waals surface area contributed by atoms with Crippen LogP contribution in [0, 0.1) is 17.1 Å². The molecule has 9 nitrogen and oxygen atoms in total. The number of methoxy groups -OCH3 is 1. The van der Waals surface area contributed by atoms with Crippen LogP contribution in [0.25, 0.3) is 33.4 Å². The summed E-state index contributed by atoms with van der Waals surface area (Å²) in [5.74, 6) is -1.40. The predicted octanol–water partition coefficient (Wildman–Crippen LogP) is 4.34. The maximum Gasteiger partial charge on any atom is 0.337 e. The second-order valence-electron chi connectivity index (χ2n) is 8.26. The standard InChI is InChI=1S/C27H22FN3O6S/c1-30-26(32)24-21-14-20(17-5-4-6-18(13-17)27(33)36-2)22(31(12-11-29)38(3,34)35)15-23(21)37-25(24)16-7-9-19(28)10-8-16/h4-10,13-15H,12H2,1-3H3,(H,30,32). The number of hydrogen-bond donors (Lipinski definition) is 1. The molecule has 194 valence electrons. The number of esters is 1. The zero-order valence-corrected chi connectivity index (χ0v) is 21.4. The first-order valence-electron chi connectivity index (χ1n) is 11.2. The summed E-state index contributed by atoms with van der Waals surface area (Å²) >= 11 is 0. The van der Waals surface area contributed by atoms with Crippen LogP contribution < -0.4 is 9.62 Å². The number of furan rings is 1. The largest absolute Gasteiger partial charge is 0.465 e. The van der Waals surface area contributed by atoms with Crippen LogP contribution in [-0.2, 0) is 14.8 Å². The van der Waals surface area contributed by atoms with Gasteiger partial charge in [0.1, 0.15) is 23.7 Å². The lowest BCUT2D eigenvalue weighted by molar-refractivity contribution is 0.0600. The van der Waals surface area contributed by atoms with E-state index in [1.807, 2.05) is 6.07 Å². The van der Waals surface area contributed by atoms with Crippen molar-refractivity contribution in [2.45, 2.75) is 0 Å². The van der Waals surface area contributed by atoms with Gasteiger partial charge in [-0.05, 0) is 48.0 Å². The molecule has 3 aromatic carbocycles. The second-order valence-corrected chi connectivity index (χ2v) is 10.2. The highest BCUT2D eigenvalue weighted by atomic mass is 32.2. The number of carbonyl (C=O) groups excluding carboxylic acids is 2. The molecule has 0 unspecified atom stereocenters. The molecule has 0 saturated carbocycles. The zero-order valence-electron chi connectivity index (χ0n) is 20.6. The summed E-state index contributed by atoms with van der Waals surface area (Å²) in [6, 6.07) is 16.5. The van der Waals surface area contributed by atoms with Gasteiger partial charge in [-0.2, -0.15) is 5.26 Å². The number of amides is 1. The van der Waals surface area contributed by atoms with Gasteiger partial charge in [-0.1, -0.05) is 12.1 Å². The number of hydrogen-bond acceptors (Lipinski definition) is 7. The fraction of sp³-hybridized carbons (Fsp3) is 0.148. The van der Waals surface area contributed by atoms with Gasteiger partial charge in [-0.25, -0.2) is 17.6 Å². The molecule has 0 aliphatic rings. The van der Waals surface area contributed by atoms with Gasteiger partial charge >= 0.3 is 5.97 Å². The number of nitrogens with zero attached hydrogens (tertiary/aromatic N) is 2. The van der Waals surface area contributed by atoms with E-state index in [-0.39, 0.29) is 28.2 Å². The maximum absolute atomic E-state index is 13.6. The van der Waals surface area contributed by atoms with Crippen molar-refractivity contribution in [2.75, 3.05) is 31.3 Å². The number of ether oxygens (including phenoxy) is 1. The molecule has 11 heteroatoms. The smallest absolute Gasteiger partial charge is 0.337 e. The molecule has 4 aromatic rings. The van der Waals surface area contributed by atoms with Gasteiger partial charge in [-0.3, -0.25) is 9.10 Å². The van der Waals surface area contributed by atoms with Crippen LogP contribution in [0.5, 0.6) is 0 Å². The second kappa shape index (κ2) is 10.4. The molecular weight excluding hydrogens is 513 g/mol. The fourth-order valence-electron chi connectivity index (χ4n) is 4.10. The van der Waals surface area contributed by atoms with Crippen molar-refractivity contribution >= 4 is 38.6 Å². The molecule has 0 fully saturated rings. The Morgan fingerprint density at radius 1 is 1.11 bits per heavy atom. The molecule has 0 atom stereocenters. The first kappa shape index (κ1) is 26.4. The Labute approximate surface area is 218 Å². The molecule has 1 aromatic heterocycles. The van der Waals surface area contributed by atoms with Gasteiger partial charge < -0.3 is 14.5 Å². The summed E-state index contributed by atoms with van der Waals surface area (Å²) in [6.45, 7) is -0.498. The molecule has 1 heterocycles. The summed E-state index contributed by atoms with van der Waals surface area (Å²) in [5, 5.41) is 12.3. The minimum Gasteiger partial charge on any atom is -0.465 e. The Hall–Kier alpha value is -4.69. The van der Waals surface area contributed by atoms with Crippen LogP contribution in [0.3, 0.4) is 0 Å². The maximum atomic E-state index is 13.6. The highest BCUT2D eigenvalue weighted by Crippen LogP contribution is 2.41. The number of anilines is 1. The van der Waals surface area contributed by atoms with E-state index in [2.05, 4.69) is 5.32 Å². The average molecular weight is 536 g/mol. The predicted molar refractivity (Wildman–Crippen MR) is 140 cm³/mol. The monoisotopic (exact) mass is 535 g/mol. The molecule has 1 N–H and O–H groups in total. The lowest BCUT2D eigenvalue weighted by Crippen LogP contribution is -2.30. The Morgan fingerprint density at radius 3 is 2.42 bits per heavy atom. The number of nitriles is 1. The highest BCUT2D eigenvalue weighted by Gasteiger charge is 2.27. The summed E-state index contributed by atoms with van der Waals surface area (Å²) in [7, 11) is -1.25. The number of carbonyl (C=O) groups is 2. The molecule has 38 heavy (non-hydrogen) atoms. The summed E-state index contributed by atoms with van der Waals surface area (Å²) < 4.78 is 50.8. The van der Waals surface area contributed by atoms with E-state index in [9.17, 15) is 27.7 Å². The van der Waals surface area contributed by atoms with E-state index in [4.69, 9.17) is 9.15 Å². The quantitative estimate of drug-likeness (QED) is 0.275. The Morgan fingerprint density at radius 2 is 1.82 bits per heavy atom. The van der Waals surface area contributed by atoms with Crippen molar-refractivity contribution in [3.05, 3.63) is 77.6 Å². The number of fused-ring (bicyclic) bond motifs is 1. The molecule has 4 rings (SSSR count). The van der Waals surface area contributed by atoms with Gasteiger partial charge in [0.15, 0.2) is 0 Å². The molecular formula is C27H22FN3O6S. The van der Waals surface area contributed by atoms with Gasteiger partial charge in [0.05, 0.1) is 36.2 Å². The van der Waals surface area contributed by atoms with E-state index in [0.29, 0.717) is 22.1 Å². The minimum absolute atomic E-state index is 0.103. The lowest BCUT2D eigenvalue weighted by Gasteiger charge is -2.22. The molecule has 1 amide bonds. The summed E-state index contributed by atoms with van der Waals surface area (Å²) in [4.78, 5) is 25.2. The number of sulfonamides is 1. The SMILES string of the molecule is CNC(=O)c1c(-c2ccc(F)cc2)oc2cc(N(CC#N)S(C)(=O)=O)c(-c3cccc(C(=O)OC)c3)cc12. The van der Waals surface area contributed by atoms with Crippen LogP contribution in [0.1, 0.15) is 20.7 Å². The Kier molecular flexibility index (Phi) is 7.19. The fourth-order valence-corrected chi connectivity index (χ4v) is 4.90. The first-order valence-corrected chi connectivity index (χ1v) is 13.1. The topological polar surface area (TPSA) is 130 Å². The molecule has 0 aliphatic carbocycles. The van der Waals surface area contributed by atoms with Crippen LogP contribution in [-0.4, -0.2) is 47.3 Å². The normalized spacial score (nSPS) is 11.1. The summed E-state index contributed by atoms with van der Waals surface area (Å²) in [5.41, 5.74) is 1.81. The van der Waals surface area contributed by atoms with Crippen LogP contribution in [0.4, 0.5) is 10.1 Å². The number of halogens is 1.